The van der Waals surface area contributed by atoms with Crippen LogP contribution in [-0.4, -0.2) is 29.8 Å². The van der Waals surface area contributed by atoms with Gasteiger partial charge in [0.15, 0.2) is 0 Å². The second-order valence-electron chi connectivity index (χ2n) is 3.64. The molecule has 0 aliphatic carbocycles. The van der Waals surface area contributed by atoms with Gasteiger partial charge in [-0.05, 0) is 12.8 Å². The van der Waals surface area contributed by atoms with Gasteiger partial charge in [0.05, 0.1) is 6.20 Å². The molecule has 2 rings (SSSR count). The zero-order valence-corrected chi connectivity index (χ0v) is 8.23. The van der Waals surface area contributed by atoms with Crippen molar-refractivity contribution in [2.45, 2.75) is 18.4 Å². The topological polar surface area (TPSA) is 90.4 Å². The summed E-state index contributed by atoms with van der Waals surface area (Å²) >= 11 is 0. The maximum atomic E-state index is 11.8. The molecule has 1 aliphatic rings. The second kappa shape index (κ2) is 4.00. The molecule has 0 radical (unpaired) electrons. The van der Waals surface area contributed by atoms with E-state index in [0.29, 0.717) is 31.7 Å². The first-order valence-electron chi connectivity index (χ1n) is 4.78. The van der Waals surface area contributed by atoms with Gasteiger partial charge in [0.1, 0.15) is 17.5 Å². The number of ether oxygens (including phenoxy) is 1. The third-order valence-corrected chi connectivity index (χ3v) is 2.53. The van der Waals surface area contributed by atoms with E-state index in [2.05, 4.69) is 15.0 Å². The predicted molar refractivity (Wildman–Crippen MR) is 52.1 cm³/mol. The van der Waals surface area contributed by atoms with Crippen LogP contribution in [0.4, 0.5) is 5.69 Å². The van der Waals surface area contributed by atoms with E-state index in [1.165, 1.54) is 12.5 Å². The fraction of sp³-hybridized carbons (Fsp3) is 0.556. The maximum Gasteiger partial charge on any atom is 0.244 e. The summed E-state index contributed by atoms with van der Waals surface area (Å²) in [5.74, 6) is -0.214. The number of hydrogen-bond acceptors (Lipinski definition) is 5. The normalized spacial score (nSPS) is 19.8. The Morgan fingerprint density at radius 1 is 1.53 bits per heavy atom. The van der Waals surface area contributed by atoms with E-state index in [1.54, 1.807) is 0 Å². The Kier molecular flexibility index (Phi) is 2.70. The summed E-state index contributed by atoms with van der Waals surface area (Å²) in [6.45, 7) is 1.04. The van der Waals surface area contributed by atoms with Crippen molar-refractivity contribution in [3.05, 3.63) is 12.5 Å². The third-order valence-electron chi connectivity index (χ3n) is 2.53. The van der Waals surface area contributed by atoms with Crippen molar-refractivity contribution in [1.82, 2.24) is 5.16 Å². The smallest absolute Gasteiger partial charge is 0.244 e. The van der Waals surface area contributed by atoms with Crippen molar-refractivity contribution < 1.29 is 14.1 Å². The quantitative estimate of drug-likeness (QED) is 0.725. The highest BCUT2D eigenvalue weighted by Crippen LogP contribution is 2.19. The van der Waals surface area contributed by atoms with Gasteiger partial charge >= 0.3 is 0 Å². The summed E-state index contributed by atoms with van der Waals surface area (Å²) in [7, 11) is 0. The third kappa shape index (κ3) is 2.16. The van der Waals surface area contributed by atoms with Gasteiger partial charge < -0.3 is 20.3 Å². The Bertz CT molecular complexity index is 330. The van der Waals surface area contributed by atoms with Gasteiger partial charge in [0, 0.05) is 13.2 Å². The molecule has 1 saturated heterocycles. The summed E-state index contributed by atoms with van der Waals surface area (Å²) in [5, 5.41) is 6.14. The number of nitrogens with one attached hydrogen (secondary N) is 1. The largest absolute Gasteiger partial charge is 0.381 e. The van der Waals surface area contributed by atoms with Crippen LogP contribution in [0.25, 0.3) is 0 Å². The van der Waals surface area contributed by atoms with Crippen LogP contribution < -0.4 is 11.1 Å². The van der Waals surface area contributed by atoms with Crippen LogP contribution in [0.15, 0.2) is 17.0 Å². The summed E-state index contributed by atoms with van der Waals surface area (Å²) in [6.07, 6.45) is 3.86. The van der Waals surface area contributed by atoms with E-state index < -0.39 is 5.54 Å². The molecule has 0 spiro atoms. The number of hydrogen-bond donors (Lipinski definition) is 2. The monoisotopic (exact) mass is 211 g/mol. The molecule has 1 amide bonds. The molecule has 2 heterocycles. The number of nitrogens with zero attached hydrogens (tertiary/aromatic N) is 1. The highest BCUT2D eigenvalue weighted by molar-refractivity contribution is 5.97. The average molecular weight is 211 g/mol. The summed E-state index contributed by atoms with van der Waals surface area (Å²) in [4.78, 5) is 11.8. The first kappa shape index (κ1) is 10.1. The molecule has 1 aromatic rings. The van der Waals surface area contributed by atoms with Gasteiger partial charge in [0.25, 0.3) is 0 Å². The van der Waals surface area contributed by atoms with E-state index in [4.69, 9.17) is 10.5 Å². The Balaban J connectivity index is 2.00. The van der Waals surface area contributed by atoms with E-state index in [1.807, 2.05) is 0 Å². The van der Waals surface area contributed by atoms with Crippen molar-refractivity contribution in [3.63, 3.8) is 0 Å². The Labute approximate surface area is 86.7 Å². The fourth-order valence-corrected chi connectivity index (χ4v) is 1.48. The molecule has 1 fully saturated rings. The number of carbonyl (C=O) groups is 1. The Hall–Kier alpha value is -1.40. The predicted octanol–water partition coefficient (Wildman–Crippen LogP) is 0.121. The summed E-state index contributed by atoms with van der Waals surface area (Å²) < 4.78 is 9.76. The average Bonchev–Trinajstić information content (AvgIpc) is 2.71. The molecular weight excluding hydrogens is 198 g/mol. The number of nitrogens with two attached hydrogens (primary N) is 1. The van der Waals surface area contributed by atoms with Crippen LogP contribution in [0.1, 0.15) is 12.8 Å². The highest BCUT2D eigenvalue weighted by atomic mass is 16.5. The molecule has 0 bridgehead atoms. The summed E-state index contributed by atoms with van der Waals surface area (Å²) in [6, 6.07) is 0. The lowest BCUT2D eigenvalue weighted by Crippen LogP contribution is -2.54. The first-order valence-corrected chi connectivity index (χ1v) is 4.78. The number of aromatic nitrogens is 1. The van der Waals surface area contributed by atoms with Gasteiger partial charge in [-0.1, -0.05) is 5.16 Å². The molecule has 3 N–H and O–H groups in total. The van der Waals surface area contributed by atoms with Crippen molar-refractivity contribution in [3.8, 4) is 0 Å². The van der Waals surface area contributed by atoms with Gasteiger partial charge in [-0.3, -0.25) is 4.79 Å². The lowest BCUT2D eigenvalue weighted by Gasteiger charge is -2.31. The molecule has 1 aliphatic heterocycles. The molecule has 6 heteroatoms. The van der Waals surface area contributed by atoms with E-state index >= 15 is 0 Å². The minimum atomic E-state index is -0.838. The lowest BCUT2D eigenvalue weighted by molar-refractivity contribution is -0.124. The van der Waals surface area contributed by atoms with E-state index in [0.717, 1.165) is 0 Å². The van der Waals surface area contributed by atoms with Crippen LogP contribution >= 0.6 is 0 Å². The first-order chi connectivity index (χ1) is 7.21. The molecule has 82 valence electrons. The Morgan fingerprint density at radius 2 is 2.27 bits per heavy atom. The van der Waals surface area contributed by atoms with Gasteiger partial charge in [0.2, 0.25) is 5.91 Å². The number of anilines is 1. The van der Waals surface area contributed by atoms with Crippen LogP contribution in [-0.2, 0) is 9.53 Å². The molecule has 15 heavy (non-hydrogen) atoms. The standard InChI is InChI=1S/C9H13N3O3/c10-9(1-3-14-4-2-9)8(13)12-7-5-11-15-6-7/h5-6H,1-4,10H2,(H,12,13). The number of carbonyl (C=O) groups excluding carboxylic acids is 1. The molecule has 0 saturated carbocycles. The Morgan fingerprint density at radius 3 is 2.87 bits per heavy atom. The zero-order chi connectivity index (χ0) is 10.7. The van der Waals surface area contributed by atoms with Gasteiger partial charge in [-0.25, -0.2) is 0 Å². The van der Waals surface area contributed by atoms with Crippen molar-refractivity contribution in [2.75, 3.05) is 18.5 Å². The van der Waals surface area contributed by atoms with Crippen LogP contribution in [0.5, 0.6) is 0 Å². The van der Waals surface area contributed by atoms with Gasteiger partial charge in [-0.2, -0.15) is 0 Å². The van der Waals surface area contributed by atoms with Crippen LogP contribution in [0.3, 0.4) is 0 Å². The zero-order valence-electron chi connectivity index (χ0n) is 8.23. The SMILES string of the molecule is NC1(C(=O)Nc2cnoc2)CCOCC1. The van der Waals surface area contributed by atoms with Crippen molar-refractivity contribution >= 4 is 11.6 Å². The molecule has 6 nitrogen and oxygen atoms in total. The van der Waals surface area contributed by atoms with Crippen LogP contribution in [0, 0.1) is 0 Å². The maximum absolute atomic E-state index is 11.8. The molecule has 0 atom stereocenters. The molecule has 1 aromatic heterocycles. The van der Waals surface area contributed by atoms with Crippen molar-refractivity contribution in [2.24, 2.45) is 5.73 Å². The summed E-state index contributed by atoms with van der Waals surface area (Å²) in [5.41, 5.74) is 5.66. The minimum absolute atomic E-state index is 0.214. The minimum Gasteiger partial charge on any atom is -0.381 e. The van der Waals surface area contributed by atoms with Crippen LogP contribution in [0.2, 0.25) is 0 Å². The molecular formula is C9H13N3O3. The van der Waals surface area contributed by atoms with E-state index in [-0.39, 0.29) is 5.91 Å². The van der Waals surface area contributed by atoms with Gasteiger partial charge in [-0.15, -0.1) is 0 Å². The second-order valence-corrected chi connectivity index (χ2v) is 3.64. The lowest BCUT2D eigenvalue weighted by atomic mass is 9.90. The fourth-order valence-electron chi connectivity index (χ4n) is 1.48. The van der Waals surface area contributed by atoms with Crippen molar-refractivity contribution in [1.29, 1.82) is 0 Å². The number of rotatable bonds is 2. The molecule has 0 unspecified atom stereocenters. The number of amides is 1. The van der Waals surface area contributed by atoms with E-state index in [9.17, 15) is 4.79 Å². The molecule has 0 aromatic carbocycles. The highest BCUT2D eigenvalue weighted by Gasteiger charge is 2.36.